The summed E-state index contributed by atoms with van der Waals surface area (Å²) in [5.74, 6) is -0.480. The Morgan fingerprint density at radius 3 is 2.24 bits per heavy atom. The molecule has 1 atom stereocenters. The van der Waals surface area contributed by atoms with Crippen LogP contribution in [0.25, 0.3) is 0 Å². The van der Waals surface area contributed by atoms with Gasteiger partial charge in [-0.05, 0) is 55.2 Å². The summed E-state index contributed by atoms with van der Waals surface area (Å²) in [7, 11) is 1.59. The van der Waals surface area contributed by atoms with E-state index in [4.69, 9.17) is 10.5 Å². The topological polar surface area (TPSA) is 35.2 Å². The number of methoxy groups -OCH3 is 1. The summed E-state index contributed by atoms with van der Waals surface area (Å²) >= 11 is 0. The predicted octanol–water partition coefficient (Wildman–Crippen LogP) is 3.83. The molecule has 0 saturated heterocycles. The molecule has 2 aromatic carbocycles. The minimum Gasteiger partial charge on any atom is -0.496 e. The van der Waals surface area contributed by atoms with Crippen molar-refractivity contribution in [2.24, 2.45) is 5.73 Å². The van der Waals surface area contributed by atoms with Gasteiger partial charge in [0.05, 0.1) is 7.11 Å². The lowest BCUT2D eigenvalue weighted by Gasteiger charge is -2.19. The van der Waals surface area contributed by atoms with Crippen LogP contribution in [-0.4, -0.2) is 7.11 Å². The third kappa shape index (κ3) is 3.58. The molecule has 0 amide bonds. The monoisotopic (exact) mass is 291 g/mol. The molecule has 2 nitrogen and oxygen atoms in total. The number of benzene rings is 2. The lowest BCUT2D eigenvalue weighted by molar-refractivity contribution is 0.404. The standard InChI is InChI=1S/C17H19F2NO/c1-10-4-11(2)17(16(5-10)21-3)15(20)8-12-6-13(18)9-14(19)7-12/h4-7,9,15H,8,20H2,1-3H3. The summed E-state index contributed by atoms with van der Waals surface area (Å²) in [6.07, 6.45) is 0.342. The molecule has 1 unspecified atom stereocenters. The molecule has 0 aliphatic carbocycles. The van der Waals surface area contributed by atoms with E-state index in [0.29, 0.717) is 17.7 Å². The van der Waals surface area contributed by atoms with E-state index in [1.165, 1.54) is 12.1 Å². The van der Waals surface area contributed by atoms with Crippen LogP contribution in [0, 0.1) is 25.5 Å². The number of halogens is 2. The van der Waals surface area contributed by atoms with Gasteiger partial charge in [-0.2, -0.15) is 0 Å². The molecule has 4 heteroatoms. The second kappa shape index (κ2) is 6.22. The van der Waals surface area contributed by atoms with Gasteiger partial charge in [-0.25, -0.2) is 8.78 Å². The van der Waals surface area contributed by atoms with Crippen LogP contribution in [0.5, 0.6) is 5.75 Å². The summed E-state index contributed by atoms with van der Waals surface area (Å²) < 4.78 is 31.9. The summed E-state index contributed by atoms with van der Waals surface area (Å²) in [6, 6.07) is 7.00. The number of ether oxygens (including phenoxy) is 1. The summed E-state index contributed by atoms with van der Waals surface area (Å²) in [5, 5.41) is 0. The number of hydrogen-bond acceptors (Lipinski definition) is 2. The molecule has 0 heterocycles. The first-order valence-electron chi connectivity index (χ1n) is 6.76. The van der Waals surface area contributed by atoms with E-state index >= 15 is 0 Å². The van der Waals surface area contributed by atoms with Crippen LogP contribution in [0.3, 0.4) is 0 Å². The van der Waals surface area contributed by atoms with E-state index in [1.54, 1.807) is 7.11 Å². The van der Waals surface area contributed by atoms with Gasteiger partial charge in [0, 0.05) is 17.7 Å². The average Bonchev–Trinajstić information content (AvgIpc) is 2.35. The van der Waals surface area contributed by atoms with Crippen molar-refractivity contribution in [2.45, 2.75) is 26.3 Å². The van der Waals surface area contributed by atoms with Gasteiger partial charge in [0.15, 0.2) is 0 Å². The first-order chi connectivity index (χ1) is 9.90. The molecular weight excluding hydrogens is 272 g/mol. The number of nitrogens with two attached hydrogens (primary N) is 1. The Hall–Kier alpha value is -1.94. The van der Waals surface area contributed by atoms with Gasteiger partial charge < -0.3 is 10.5 Å². The number of hydrogen-bond donors (Lipinski definition) is 1. The van der Waals surface area contributed by atoms with Crippen molar-refractivity contribution in [3.63, 3.8) is 0 Å². The van der Waals surface area contributed by atoms with Crippen LogP contribution in [0.15, 0.2) is 30.3 Å². The maximum atomic E-state index is 13.3. The minimum absolute atomic E-state index is 0.342. The van der Waals surface area contributed by atoms with Gasteiger partial charge in [-0.1, -0.05) is 6.07 Å². The second-order valence-electron chi connectivity index (χ2n) is 5.29. The first kappa shape index (κ1) is 15.4. The van der Waals surface area contributed by atoms with Crippen molar-refractivity contribution < 1.29 is 13.5 Å². The minimum atomic E-state index is -0.593. The Morgan fingerprint density at radius 2 is 1.67 bits per heavy atom. The fourth-order valence-corrected chi connectivity index (χ4v) is 2.67. The van der Waals surface area contributed by atoms with Crippen molar-refractivity contribution in [1.82, 2.24) is 0 Å². The highest BCUT2D eigenvalue weighted by Crippen LogP contribution is 2.30. The Kier molecular flexibility index (Phi) is 4.58. The average molecular weight is 291 g/mol. The smallest absolute Gasteiger partial charge is 0.126 e. The molecule has 0 aromatic heterocycles. The SMILES string of the molecule is COc1cc(C)cc(C)c1C(N)Cc1cc(F)cc(F)c1. The molecule has 0 radical (unpaired) electrons. The molecule has 0 fully saturated rings. The Balaban J connectivity index is 2.34. The molecule has 2 N–H and O–H groups in total. The Morgan fingerprint density at radius 1 is 1.05 bits per heavy atom. The fourth-order valence-electron chi connectivity index (χ4n) is 2.67. The van der Waals surface area contributed by atoms with Crippen molar-refractivity contribution in [2.75, 3.05) is 7.11 Å². The zero-order valence-electron chi connectivity index (χ0n) is 12.4. The predicted molar refractivity (Wildman–Crippen MR) is 79.5 cm³/mol. The van der Waals surface area contributed by atoms with Crippen molar-refractivity contribution >= 4 is 0 Å². The zero-order chi connectivity index (χ0) is 15.6. The van der Waals surface area contributed by atoms with Crippen LogP contribution in [0.4, 0.5) is 8.78 Å². The number of aryl methyl sites for hydroxylation is 2. The van der Waals surface area contributed by atoms with Crippen LogP contribution in [0.1, 0.15) is 28.3 Å². The maximum absolute atomic E-state index is 13.3. The largest absolute Gasteiger partial charge is 0.496 e. The van der Waals surface area contributed by atoms with Gasteiger partial charge in [0.2, 0.25) is 0 Å². The second-order valence-corrected chi connectivity index (χ2v) is 5.29. The van der Waals surface area contributed by atoms with Crippen LogP contribution in [0.2, 0.25) is 0 Å². The lowest BCUT2D eigenvalue weighted by Crippen LogP contribution is -2.16. The van der Waals surface area contributed by atoms with Crippen LogP contribution in [-0.2, 0) is 6.42 Å². The highest BCUT2D eigenvalue weighted by atomic mass is 19.1. The van der Waals surface area contributed by atoms with Gasteiger partial charge in [-0.3, -0.25) is 0 Å². The molecule has 0 bridgehead atoms. The first-order valence-corrected chi connectivity index (χ1v) is 6.76. The van der Waals surface area contributed by atoms with Gasteiger partial charge >= 0.3 is 0 Å². The zero-order valence-corrected chi connectivity index (χ0v) is 12.4. The maximum Gasteiger partial charge on any atom is 0.126 e. The molecule has 0 aliphatic heterocycles. The van der Waals surface area contributed by atoms with Gasteiger partial charge in [0.25, 0.3) is 0 Å². The van der Waals surface area contributed by atoms with Gasteiger partial charge in [0.1, 0.15) is 17.4 Å². The molecular formula is C17H19F2NO. The van der Waals surface area contributed by atoms with Crippen molar-refractivity contribution in [3.05, 3.63) is 64.2 Å². The third-order valence-corrected chi connectivity index (χ3v) is 3.46. The molecule has 0 aliphatic rings. The molecule has 21 heavy (non-hydrogen) atoms. The normalized spacial score (nSPS) is 12.3. The van der Waals surface area contributed by atoms with E-state index in [9.17, 15) is 8.78 Å². The van der Waals surface area contributed by atoms with Crippen molar-refractivity contribution in [3.8, 4) is 5.75 Å². The van der Waals surface area contributed by atoms with E-state index in [2.05, 4.69) is 0 Å². The fraction of sp³-hybridized carbons (Fsp3) is 0.294. The van der Waals surface area contributed by atoms with E-state index in [-0.39, 0.29) is 6.04 Å². The van der Waals surface area contributed by atoms with E-state index in [1.807, 2.05) is 26.0 Å². The van der Waals surface area contributed by atoms with E-state index in [0.717, 1.165) is 22.8 Å². The van der Waals surface area contributed by atoms with E-state index < -0.39 is 11.6 Å². The lowest BCUT2D eigenvalue weighted by atomic mass is 9.94. The van der Waals surface area contributed by atoms with Crippen LogP contribution >= 0.6 is 0 Å². The molecule has 0 spiro atoms. The highest BCUT2D eigenvalue weighted by molar-refractivity contribution is 5.45. The van der Waals surface area contributed by atoms with Gasteiger partial charge in [-0.15, -0.1) is 0 Å². The highest BCUT2D eigenvalue weighted by Gasteiger charge is 2.16. The Labute approximate surface area is 123 Å². The molecule has 112 valence electrons. The quantitative estimate of drug-likeness (QED) is 0.929. The molecule has 2 aromatic rings. The van der Waals surface area contributed by atoms with Crippen molar-refractivity contribution in [1.29, 1.82) is 0 Å². The number of rotatable bonds is 4. The molecule has 0 saturated carbocycles. The molecule has 2 rings (SSSR count). The Bertz CT molecular complexity index is 635. The van der Waals surface area contributed by atoms with Crippen LogP contribution < -0.4 is 10.5 Å². The summed E-state index contributed by atoms with van der Waals surface area (Å²) in [5.41, 5.74) is 9.72. The third-order valence-electron chi connectivity index (χ3n) is 3.46. The summed E-state index contributed by atoms with van der Waals surface area (Å²) in [4.78, 5) is 0. The summed E-state index contributed by atoms with van der Waals surface area (Å²) in [6.45, 7) is 3.93.